The van der Waals surface area contributed by atoms with Crippen LogP contribution in [-0.4, -0.2) is 38.3 Å². The standard InChI is InChI=1S/C19H21N3O4/c1-3-26-16-9-7-14(8-10-16)12-21-22-18(23)13-20-19(24)15-5-4-6-17(11-15)25-2/h4-12H,3,13H2,1-2H3,(H,20,24)(H,22,23)/b21-12+. The summed E-state index contributed by atoms with van der Waals surface area (Å²) in [7, 11) is 1.52. The molecule has 2 aromatic carbocycles. The summed E-state index contributed by atoms with van der Waals surface area (Å²) in [5.41, 5.74) is 3.59. The van der Waals surface area contributed by atoms with Crippen LogP contribution in [0.3, 0.4) is 0 Å². The average Bonchev–Trinajstić information content (AvgIpc) is 2.67. The maximum atomic E-state index is 12.0. The number of nitrogens with zero attached hydrogens (tertiary/aromatic N) is 1. The van der Waals surface area contributed by atoms with Gasteiger partial charge in [-0.05, 0) is 55.0 Å². The highest BCUT2D eigenvalue weighted by molar-refractivity contribution is 5.96. The summed E-state index contributed by atoms with van der Waals surface area (Å²) in [5.74, 6) is 0.550. The van der Waals surface area contributed by atoms with E-state index < -0.39 is 5.91 Å². The molecule has 0 unspecified atom stereocenters. The van der Waals surface area contributed by atoms with Crippen LogP contribution in [0.2, 0.25) is 0 Å². The van der Waals surface area contributed by atoms with E-state index >= 15 is 0 Å². The zero-order valence-electron chi connectivity index (χ0n) is 14.7. The van der Waals surface area contributed by atoms with Gasteiger partial charge < -0.3 is 14.8 Å². The summed E-state index contributed by atoms with van der Waals surface area (Å²) in [5, 5.41) is 6.38. The van der Waals surface area contributed by atoms with Crippen molar-refractivity contribution in [3.8, 4) is 11.5 Å². The molecule has 0 aliphatic carbocycles. The smallest absolute Gasteiger partial charge is 0.259 e. The van der Waals surface area contributed by atoms with E-state index in [0.717, 1.165) is 11.3 Å². The maximum absolute atomic E-state index is 12.0. The molecule has 0 aromatic heterocycles. The molecule has 0 atom stereocenters. The predicted molar refractivity (Wildman–Crippen MR) is 98.7 cm³/mol. The first-order valence-corrected chi connectivity index (χ1v) is 8.09. The number of benzene rings is 2. The number of methoxy groups -OCH3 is 1. The second-order valence-corrected chi connectivity index (χ2v) is 5.21. The van der Waals surface area contributed by atoms with Gasteiger partial charge >= 0.3 is 0 Å². The Morgan fingerprint density at radius 2 is 1.88 bits per heavy atom. The Kier molecular flexibility index (Phi) is 7.17. The first-order chi connectivity index (χ1) is 12.6. The van der Waals surface area contributed by atoms with Gasteiger partial charge in [-0.2, -0.15) is 5.10 Å². The van der Waals surface area contributed by atoms with E-state index in [4.69, 9.17) is 9.47 Å². The fourth-order valence-corrected chi connectivity index (χ4v) is 2.06. The van der Waals surface area contributed by atoms with Crippen LogP contribution in [0.25, 0.3) is 0 Å². The number of hydrazone groups is 1. The summed E-state index contributed by atoms with van der Waals surface area (Å²) in [6, 6.07) is 14.0. The van der Waals surface area contributed by atoms with Crippen LogP contribution in [0.5, 0.6) is 11.5 Å². The highest BCUT2D eigenvalue weighted by atomic mass is 16.5. The number of carbonyl (C=O) groups is 2. The number of rotatable bonds is 8. The fraction of sp³-hybridized carbons (Fsp3) is 0.211. The van der Waals surface area contributed by atoms with E-state index in [1.807, 2.05) is 31.2 Å². The molecule has 136 valence electrons. The van der Waals surface area contributed by atoms with Crippen molar-refractivity contribution in [2.45, 2.75) is 6.92 Å². The molecule has 2 amide bonds. The molecule has 0 spiro atoms. The minimum Gasteiger partial charge on any atom is -0.497 e. The first kappa shape index (κ1) is 19.0. The predicted octanol–water partition coefficient (Wildman–Crippen LogP) is 1.97. The minimum atomic E-state index is -0.427. The zero-order valence-corrected chi connectivity index (χ0v) is 14.7. The number of ether oxygens (including phenoxy) is 2. The van der Waals surface area contributed by atoms with E-state index in [1.54, 1.807) is 24.3 Å². The number of nitrogens with one attached hydrogen (secondary N) is 2. The molecular weight excluding hydrogens is 334 g/mol. The van der Waals surface area contributed by atoms with Crippen molar-refractivity contribution in [2.75, 3.05) is 20.3 Å². The van der Waals surface area contributed by atoms with Gasteiger partial charge in [0.15, 0.2) is 0 Å². The summed E-state index contributed by atoms with van der Waals surface area (Å²) >= 11 is 0. The third kappa shape index (κ3) is 5.94. The van der Waals surface area contributed by atoms with Crippen molar-refractivity contribution >= 4 is 18.0 Å². The quantitative estimate of drug-likeness (QED) is 0.560. The Hall–Kier alpha value is -3.35. The fourth-order valence-electron chi connectivity index (χ4n) is 2.06. The second kappa shape index (κ2) is 9.83. The first-order valence-electron chi connectivity index (χ1n) is 8.09. The van der Waals surface area contributed by atoms with Gasteiger partial charge in [0, 0.05) is 5.56 Å². The largest absolute Gasteiger partial charge is 0.497 e. The molecule has 0 radical (unpaired) electrons. The van der Waals surface area contributed by atoms with Crippen molar-refractivity contribution in [3.05, 3.63) is 59.7 Å². The normalized spacial score (nSPS) is 10.4. The van der Waals surface area contributed by atoms with Crippen molar-refractivity contribution in [1.82, 2.24) is 10.7 Å². The van der Waals surface area contributed by atoms with Crippen LogP contribution in [0.1, 0.15) is 22.8 Å². The Bertz CT molecular complexity index is 773. The molecule has 0 saturated carbocycles. The number of amides is 2. The third-order valence-electron chi connectivity index (χ3n) is 3.34. The zero-order chi connectivity index (χ0) is 18.8. The number of hydrogen-bond donors (Lipinski definition) is 2. The van der Waals surface area contributed by atoms with E-state index in [1.165, 1.54) is 13.3 Å². The third-order valence-corrected chi connectivity index (χ3v) is 3.34. The summed E-state index contributed by atoms with van der Waals surface area (Å²) in [6.45, 7) is 2.33. The molecule has 0 fully saturated rings. The van der Waals surface area contributed by atoms with Crippen LogP contribution in [0, 0.1) is 0 Å². The van der Waals surface area contributed by atoms with E-state index in [-0.39, 0.29) is 12.5 Å². The van der Waals surface area contributed by atoms with Gasteiger partial charge in [-0.1, -0.05) is 6.07 Å². The summed E-state index contributed by atoms with van der Waals surface area (Å²) in [4.78, 5) is 23.7. The lowest BCUT2D eigenvalue weighted by atomic mass is 10.2. The van der Waals surface area contributed by atoms with Gasteiger partial charge in [-0.15, -0.1) is 0 Å². The maximum Gasteiger partial charge on any atom is 0.259 e. The van der Waals surface area contributed by atoms with Gasteiger partial charge in [0.05, 0.1) is 26.5 Å². The van der Waals surface area contributed by atoms with Crippen molar-refractivity contribution in [1.29, 1.82) is 0 Å². The lowest BCUT2D eigenvalue weighted by Crippen LogP contribution is -2.34. The van der Waals surface area contributed by atoms with Gasteiger partial charge in [0.2, 0.25) is 0 Å². The molecule has 2 rings (SSSR count). The molecule has 2 aromatic rings. The summed E-state index contributed by atoms with van der Waals surface area (Å²) < 4.78 is 10.4. The molecular formula is C19H21N3O4. The molecule has 0 heterocycles. The second-order valence-electron chi connectivity index (χ2n) is 5.21. The van der Waals surface area contributed by atoms with Crippen molar-refractivity contribution in [3.63, 3.8) is 0 Å². The topological polar surface area (TPSA) is 89.0 Å². The Morgan fingerprint density at radius 3 is 2.58 bits per heavy atom. The highest BCUT2D eigenvalue weighted by Crippen LogP contribution is 2.12. The van der Waals surface area contributed by atoms with Crippen LogP contribution in [0.15, 0.2) is 53.6 Å². The number of hydrogen-bond acceptors (Lipinski definition) is 5. The monoisotopic (exact) mass is 355 g/mol. The molecule has 0 aliphatic heterocycles. The van der Waals surface area contributed by atoms with Gasteiger partial charge in [-0.25, -0.2) is 5.43 Å². The van der Waals surface area contributed by atoms with E-state index in [9.17, 15) is 9.59 Å². The van der Waals surface area contributed by atoms with Crippen LogP contribution >= 0.6 is 0 Å². The van der Waals surface area contributed by atoms with Gasteiger partial charge in [0.1, 0.15) is 11.5 Å². The molecule has 7 nitrogen and oxygen atoms in total. The number of carbonyl (C=O) groups excluding carboxylic acids is 2. The van der Waals surface area contributed by atoms with Crippen LogP contribution < -0.4 is 20.2 Å². The minimum absolute atomic E-state index is 0.184. The SMILES string of the molecule is CCOc1ccc(/C=N/NC(=O)CNC(=O)c2cccc(OC)c2)cc1. The lowest BCUT2D eigenvalue weighted by Gasteiger charge is -2.06. The van der Waals surface area contributed by atoms with E-state index in [2.05, 4.69) is 15.8 Å². The van der Waals surface area contributed by atoms with Crippen molar-refractivity contribution < 1.29 is 19.1 Å². The lowest BCUT2D eigenvalue weighted by molar-refractivity contribution is -0.120. The molecule has 26 heavy (non-hydrogen) atoms. The van der Waals surface area contributed by atoms with Gasteiger partial charge in [-0.3, -0.25) is 9.59 Å². The Morgan fingerprint density at radius 1 is 1.12 bits per heavy atom. The average molecular weight is 355 g/mol. The molecule has 0 bridgehead atoms. The van der Waals surface area contributed by atoms with Gasteiger partial charge in [0.25, 0.3) is 11.8 Å². The van der Waals surface area contributed by atoms with E-state index in [0.29, 0.717) is 17.9 Å². The molecule has 2 N–H and O–H groups in total. The van der Waals surface area contributed by atoms with Crippen LogP contribution in [-0.2, 0) is 4.79 Å². The van der Waals surface area contributed by atoms with Crippen molar-refractivity contribution in [2.24, 2.45) is 5.10 Å². The summed E-state index contributed by atoms with van der Waals surface area (Å²) in [6.07, 6.45) is 1.51. The van der Waals surface area contributed by atoms with Crippen LogP contribution in [0.4, 0.5) is 0 Å². The Labute approximate surface area is 152 Å². The Balaban J connectivity index is 1.78. The molecule has 0 aliphatic rings. The molecule has 0 saturated heterocycles. The molecule has 7 heteroatoms. The highest BCUT2D eigenvalue weighted by Gasteiger charge is 2.08.